The molecule has 1 rings (SSSR count). The van der Waals surface area contributed by atoms with Crippen molar-refractivity contribution >= 4 is 21.6 Å². The maximum Gasteiger partial charge on any atom is 0.176 e. The highest BCUT2D eigenvalue weighted by molar-refractivity contribution is 8.00. The predicted octanol–water partition coefficient (Wildman–Crippen LogP) is 1.31. The van der Waals surface area contributed by atoms with Gasteiger partial charge in [-0.1, -0.05) is 6.92 Å². The van der Waals surface area contributed by atoms with Crippen molar-refractivity contribution in [3.05, 3.63) is 17.8 Å². The molecule has 1 heterocycles. The van der Waals surface area contributed by atoms with Gasteiger partial charge < -0.3 is 0 Å². The summed E-state index contributed by atoms with van der Waals surface area (Å²) in [5.41, 5.74) is 0.358. The van der Waals surface area contributed by atoms with Crippen molar-refractivity contribution < 1.29 is 12.8 Å². The van der Waals surface area contributed by atoms with Gasteiger partial charge in [-0.05, 0) is 6.42 Å². The summed E-state index contributed by atoms with van der Waals surface area (Å²) in [4.78, 5) is 7.59. The van der Waals surface area contributed by atoms with Crippen LogP contribution in [0, 0.1) is 5.82 Å². The summed E-state index contributed by atoms with van der Waals surface area (Å²) < 4.78 is 35.4. The van der Waals surface area contributed by atoms with Crippen LogP contribution < -0.4 is 0 Å². The second-order valence-electron chi connectivity index (χ2n) is 3.27. The minimum absolute atomic E-state index is 0.0164. The smallest absolute Gasteiger partial charge is 0.176 e. The normalized spacial score (nSPS) is 11.7. The molecule has 0 radical (unpaired) electrons. The summed E-state index contributed by atoms with van der Waals surface area (Å²) in [6.07, 6.45) is 2.94. The van der Waals surface area contributed by atoms with Gasteiger partial charge in [0.15, 0.2) is 5.82 Å². The number of sulfone groups is 1. The minimum Gasteiger partial charge on any atom is -0.238 e. The Bertz CT molecular complexity index is 463. The zero-order valence-corrected chi connectivity index (χ0v) is 10.7. The van der Waals surface area contributed by atoms with E-state index in [1.807, 2.05) is 0 Å². The number of hydrogen-bond acceptors (Lipinski definition) is 5. The molecule has 0 N–H and O–H groups in total. The van der Waals surface area contributed by atoms with E-state index in [2.05, 4.69) is 9.97 Å². The number of aromatic nitrogens is 2. The topological polar surface area (TPSA) is 59.9 Å². The largest absolute Gasteiger partial charge is 0.238 e. The predicted molar refractivity (Wildman–Crippen MR) is 61.8 cm³/mol. The minimum atomic E-state index is -3.01. The Morgan fingerprint density at radius 3 is 2.69 bits per heavy atom. The van der Waals surface area contributed by atoms with Gasteiger partial charge in [0.05, 0.1) is 11.4 Å². The second kappa shape index (κ2) is 5.58. The summed E-state index contributed by atoms with van der Waals surface area (Å²) in [5, 5.41) is 0.218. The fraction of sp³-hybridized carbons (Fsp3) is 0.556. The second-order valence-corrected chi connectivity index (χ2v) is 6.61. The fourth-order valence-corrected chi connectivity index (χ4v) is 3.13. The third-order valence-corrected chi connectivity index (χ3v) is 4.03. The third-order valence-electron chi connectivity index (χ3n) is 1.86. The first-order chi connectivity index (χ1) is 7.44. The lowest BCUT2D eigenvalue weighted by Gasteiger charge is -2.03. The number of nitrogens with zero attached hydrogens (tertiary/aromatic N) is 2. The van der Waals surface area contributed by atoms with Gasteiger partial charge in [-0.25, -0.2) is 22.8 Å². The summed E-state index contributed by atoms with van der Waals surface area (Å²) >= 11 is 1.10. The zero-order chi connectivity index (χ0) is 12.2. The third kappa shape index (κ3) is 4.05. The van der Waals surface area contributed by atoms with Crippen molar-refractivity contribution in [1.82, 2.24) is 9.97 Å². The van der Waals surface area contributed by atoms with Crippen LogP contribution in [0.4, 0.5) is 4.39 Å². The molecule has 0 saturated heterocycles. The molecule has 0 amide bonds. The molecule has 0 aromatic carbocycles. The Hall–Kier alpha value is -0.690. The van der Waals surface area contributed by atoms with Gasteiger partial charge in [0.2, 0.25) is 0 Å². The van der Waals surface area contributed by atoms with Gasteiger partial charge in [-0.3, -0.25) is 0 Å². The molecule has 0 saturated carbocycles. The van der Waals surface area contributed by atoms with Crippen LogP contribution in [0.2, 0.25) is 0 Å². The van der Waals surface area contributed by atoms with Crippen LogP contribution in [-0.4, -0.2) is 36.1 Å². The SMILES string of the molecule is CCc1ncnc(SCCS(C)(=O)=O)c1F. The summed E-state index contributed by atoms with van der Waals surface area (Å²) in [6, 6.07) is 0. The number of hydrogen-bond donors (Lipinski definition) is 0. The van der Waals surface area contributed by atoms with Gasteiger partial charge >= 0.3 is 0 Å². The van der Waals surface area contributed by atoms with Crippen molar-refractivity contribution in [3.63, 3.8) is 0 Å². The number of aryl methyl sites for hydroxylation is 1. The Kier molecular flexibility index (Phi) is 4.67. The molecule has 1 aromatic heterocycles. The molecule has 1 aromatic rings. The van der Waals surface area contributed by atoms with Gasteiger partial charge in [0.1, 0.15) is 21.2 Å². The van der Waals surface area contributed by atoms with E-state index in [4.69, 9.17) is 0 Å². The fourth-order valence-electron chi connectivity index (χ4n) is 1.02. The van der Waals surface area contributed by atoms with Crippen LogP contribution in [0.3, 0.4) is 0 Å². The first kappa shape index (κ1) is 13.4. The Balaban J connectivity index is 2.68. The van der Waals surface area contributed by atoms with Gasteiger partial charge in [0, 0.05) is 12.0 Å². The van der Waals surface area contributed by atoms with E-state index in [9.17, 15) is 12.8 Å². The summed E-state index contributed by atoms with van der Waals surface area (Å²) in [6.45, 7) is 1.80. The van der Waals surface area contributed by atoms with E-state index >= 15 is 0 Å². The molecule has 0 aliphatic heterocycles. The van der Waals surface area contributed by atoms with Gasteiger partial charge in [-0.15, -0.1) is 11.8 Å². The highest BCUT2D eigenvalue weighted by atomic mass is 32.2. The molecule has 0 aliphatic carbocycles. The average molecular weight is 264 g/mol. The lowest BCUT2D eigenvalue weighted by Crippen LogP contribution is -2.06. The van der Waals surface area contributed by atoms with Crippen LogP contribution in [0.5, 0.6) is 0 Å². The van der Waals surface area contributed by atoms with E-state index in [0.717, 1.165) is 18.0 Å². The molecule has 4 nitrogen and oxygen atoms in total. The number of thioether (sulfide) groups is 1. The van der Waals surface area contributed by atoms with Crippen molar-refractivity contribution in [3.8, 4) is 0 Å². The lowest BCUT2D eigenvalue weighted by molar-refractivity contribution is 0.559. The van der Waals surface area contributed by atoms with Gasteiger partial charge in [-0.2, -0.15) is 0 Å². The van der Waals surface area contributed by atoms with Gasteiger partial charge in [0.25, 0.3) is 0 Å². The Labute approximate surface area is 98.6 Å². The lowest BCUT2D eigenvalue weighted by atomic mass is 10.3. The van der Waals surface area contributed by atoms with Crippen molar-refractivity contribution in [2.24, 2.45) is 0 Å². The zero-order valence-electron chi connectivity index (χ0n) is 9.10. The van der Waals surface area contributed by atoms with Crippen molar-refractivity contribution in [2.45, 2.75) is 18.4 Å². The highest BCUT2D eigenvalue weighted by Gasteiger charge is 2.11. The van der Waals surface area contributed by atoms with Crippen LogP contribution >= 0.6 is 11.8 Å². The van der Waals surface area contributed by atoms with Crippen LogP contribution in [0.1, 0.15) is 12.6 Å². The van der Waals surface area contributed by atoms with Crippen LogP contribution in [0.25, 0.3) is 0 Å². The van der Waals surface area contributed by atoms with Crippen molar-refractivity contribution in [2.75, 3.05) is 17.8 Å². The van der Waals surface area contributed by atoms with E-state index in [0.29, 0.717) is 17.9 Å². The molecule has 0 spiro atoms. The maximum absolute atomic E-state index is 13.6. The molecule has 0 fully saturated rings. The molecule has 90 valence electrons. The Morgan fingerprint density at radius 2 is 2.12 bits per heavy atom. The first-order valence-corrected chi connectivity index (χ1v) is 7.78. The van der Waals surface area contributed by atoms with Crippen molar-refractivity contribution in [1.29, 1.82) is 0 Å². The summed E-state index contributed by atoms with van der Waals surface area (Å²) in [5.74, 6) is -0.123. The molecule has 0 aliphatic rings. The monoisotopic (exact) mass is 264 g/mol. The molecule has 0 bridgehead atoms. The van der Waals surface area contributed by atoms with Crippen LogP contribution in [0.15, 0.2) is 11.4 Å². The average Bonchev–Trinajstić information content (AvgIpc) is 2.19. The number of rotatable bonds is 5. The highest BCUT2D eigenvalue weighted by Crippen LogP contribution is 2.20. The first-order valence-electron chi connectivity index (χ1n) is 4.74. The molecule has 16 heavy (non-hydrogen) atoms. The standard InChI is InChI=1S/C9H13FN2O2S2/c1-3-7-8(10)9(12-6-11-7)15-4-5-16(2,13)14/h6H,3-5H2,1-2H3. The molecule has 7 heteroatoms. The van der Waals surface area contributed by atoms with E-state index < -0.39 is 15.7 Å². The molecule has 0 atom stereocenters. The summed E-state index contributed by atoms with van der Waals surface area (Å²) in [7, 11) is -3.01. The molecular formula is C9H13FN2O2S2. The maximum atomic E-state index is 13.6. The van der Waals surface area contributed by atoms with E-state index in [-0.39, 0.29) is 10.8 Å². The molecule has 0 unspecified atom stereocenters. The number of halogens is 1. The molecular weight excluding hydrogens is 251 g/mol. The Morgan fingerprint density at radius 1 is 1.44 bits per heavy atom. The quantitative estimate of drug-likeness (QED) is 0.593. The van der Waals surface area contributed by atoms with E-state index in [1.54, 1.807) is 6.92 Å². The van der Waals surface area contributed by atoms with E-state index in [1.165, 1.54) is 6.33 Å². The van der Waals surface area contributed by atoms with Crippen LogP contribution in [-0.2, 0) is 16.3 Å².